The number of carboxylic acid groups (broad SMARTS) is 1. The normalized spacial score (nSPS) is 13.6. The van der Waals surface area contributed by atoms with Crippen molar-refractivity contribution in [3.63, 3.8) is 0 Å². The number of hydrogen-bond acceptors (Lipinski definition) is 7. The number of phenolic OH excluding ortho intramolecular Hbond substituents is 1. The number of rotatable bonds is 14. The average Bonchev–Trinajstić information content (AvgIpc) is 2.75. The molecule has 7 N–H and O–H groups in total. The summed E-state index contributed by atoms with van der Waals surface area (Å²) in [5.74, 6) is -2.10. The molecular weight excluding hydrogens is 448 g/mol. The standard InChI is InChI=1S/C22H34N4O6S/c1-13(2)10-18(22(31)32)25-19(28)12-24-21(30)17(11-14-4-6-15(27)7-5-14)26-20(29)16(23)8-9-33-3/h4-7,13,16-18,27H,8-12,23H2,1-3H3,(H,24,30)(H,25,28)(H,26,29)(H,31,32). The lowest BCUT2D eigenvalue weighted by Crippen LogP contribution is -2.54. The van der Waals surface area contributed by atoms with Gasteiger partial charge in [0.25, 0.3) is 0 Å². The first-order valence-electron chi connectivity index (χ1n) is 10.7. The second kappa shape index (κ2) is 14.4. The lowest BCUT2D eigenvalue weighted by atomic mass is 10.0. The van der Waals surface area contributed by atoms with Gasteiger partial charge in [-0.15, -0.1) is 0 Å². The lowest BCUT2D eigenvalue weighted by molar-refractivity contribution is -0.142. The van der Waals surface area contributed by atoms with E-state index in [-0.39, 0.29) is 24.5 Å². The molecule has 1 rings (SSSR count). The summed E-state index contributed by atoms with van der Waals surface area (Å²) in [5.41, 5.74) is 6.58. The van der Waals surface area contributed by atoms with Gasteiger partial charge in [0.05, 0.1) is 12.6 Å². The first-order chi connectivity index (χ1) is 15.5. The molecule has 184 valence electrons. The summed E-state index contributed by atoms with van der Waals surface area (Å²) in [7, 11) is 0. The number of thioether (sulfide) groups is 1. The lowest BCUT2D eigenvalue weighted by Gasteiger charge is -2.21. The van der Waals surface area contributed by atoms with Crippen molar-refractivity contribution in [2.24, 2.45) is 11.7 Å². The van der Waals surface area contributed by atoms with Crippen molar-refractivity contribution in [3.05, 3.63) is 29.8 Å². The minimum absolute atomic E-state index is 0.0567. The summed E-state index contributed by atoms with van der Waals surface area (Å²) >= 11 is 1.55. The topological polar surface area (TPSA) is 171 Å². The summed E-state index contributed by atoms with van der Waals surface area (Å²) in [5, 5.41) is 26.2. The van der Waals surface area contributed by atoms with E-state index in [4.69, 9.17) is 5.73 Å². The van der Waals surface area contributed by atoms with Crippen LogP contribution in [0, 0.1) is 5.92 Å². The van der Waals surface area contributed by atoms with E-state index in [0.717, 1.165) is 0 Å². The molecule has 0 heterocycles. The Kier molecular flexibility index (Phi) is 12.3. The van der Waals surface area contributed by atoms with Gasteiger partial charge in [-0.1, -0.05) is 26.0 Å². The summed E-state index contributed by atoms with van der Waals surface area (Å²) in [6.45, 7) is 3.23. The molecule has 0 aliphatic heterocycles. The summed E-state index contributed by atoms with van der Waals surface area (Å²) < 4.78 is 0. The number of phenols is 1. The van der Waals surface area contributed by atoms with E-state index in [0.29, 0.717) is 17.7 Å². The Morgan fingerprint density at radius 2 is 1.67 bits per heavy atom. The zero-order valence-electron chi connectivity index (χ0n) is 19.2. The van der Waals surface area contributed by atoms with Crippen LogP contribution < -0.4 is 21.7 Å². The number of carboxylic acids is 1. The number of carbonyl (C=O) groups excluding carboxylic acids is 3. The molecule has 0 fully saturated rings. The highest BCUT2D eigenvalue weighted by molar-refractivity contribution is 7.98. The van der Waals surface area contributed by atoms with Gasteiger partial charge in [0.1, 0.15) is 17.8 Å². The minimum atomic E-state index is -1.15. The van der Waals surface area contributed by atoms with E-state index < -0.39 is 48.4 Å². The van der Waals surface area contributed by atoms with Crippen LogP contribution in [0.3, 0.4) is 0 Å². The van der Waals surface area contributed by atoms with Gasteiger partial charge >= 0.3 is 5.97 Å². The number of nitrogens with two attached hydrogens (primary N) is 1. The van der Waals surface area contributed by atoms with Crippen molar-refractivity contribution in [1.82, 2.24) is 16.0 Å². The summed E-state index contributed by atoms with van der Waals surface area (Å²) in [6, 6.07) is 3.30. The van der Waals surface area contributed by atoms with Crippen molar-refractivity contribution in [3.8, 4) is 5.75 Å². The number of carbonyl (C=O) groups is 4. The van der Waals surface area contributed by atoms with Gasteiger partial charge in [-0.25, -0.2) is 4.79 Å². The molecule has 10 nitrogen and oxygen atoms in total. The molecule has 0 aromatic heterocycles. The van der Waals surface area contributed by atoms with Crippen LogP contribution in [0.4, 0.5) is 0 Å². The fraction of sp³-hybridized carbons (Fsp3) is 0.545. The molecule has 0 spiro atoms. The van der Waals surface area contributed by atoms with Gasteiger partial charge in [0.2, 0.25) is 17.7 Å². The maximum absolute atomic E-state index is 12.8. The number of aromatic hydroxyl groups is 1. The number of amides is 3. The van der Waals surface area contributed by atoms with Crippen molar-refractivity contribution < 1.29 is 29.4 Å². The number of benzene rings is 1. The summed E-state index contributed by atoms with van der Waals surface area (Å²) in [4.78, 5) is 48.7. The van der Waals surface area contributed by atoms with E-state index >= 15 is 0 Å². The minimum Gasteiger partial charge on any atom is -0.508 e. The molecule has 1 aromatic carbocycles. The molecule has 0 saturated carbocycles. The SMILES string of the molecule is CSCCC(N)C(=O)NC(Cc1ccc(O)cc1)C(=O)NCC(=O)NC(CC(C)C)C(=O)O. The fourth-order valence-corrected chi connectivity index (χ4v) is 3.45. The Morgan fingerprint density at radius 3 is 2.21 bits per heavy atom. The smallest absolute Gasteiger partial charge is 0.326 e. The number of hydrogen-bond donors (Lipinski definition) is 6. The molecule has 3 unspecified atom stereocenters. The van der Waals surface area contributed by atoms with Gasteiger partial charge in [0.15, 0.2) is 0 Å². The van der Waals surface area contributed by atoms with Gasteiger partial charge < -0.3 is 31.9 Å². The highest BCUT2D eigenvalue weighted by Gasteiger charge is 2.26. The Hall–Kier alpha value is -2.79. The second-order valence-corrected chi connectivity index (χ2v) is 9.11. The van der Waals surface area contributed by atoms with E-state index in [1.165, 1.54) is 12.1 Å². The van der Waals surface area contributed by atoms with Crippen molar-refractivity contribution >= 4 is 35.5 Å². The molecule has 11 heteroatoms. The van der Waals surface area contributed by atoms with Gasteiger partial charge in [0, 0.05) is 6.42 Å². The maximum Gasteiger partial charge on any atom is 0.326 e. The van der Waals surface area contributed by atoms with Crippen LogP contribution in [0.2, 0.25) is 0 Å². The predicted molar refractivity (Wildman–Crippen MR) is 127 cm³/mol. The first kappa shape index (κ1) is 28.2. The van der Waals surface area contributed by atoms with Gasteiger partial charge in [-0.2, -0.15) is 11.8 Å². The number of aliphatic carboxylic acids is 1. The summed E-state index contributed by atoms with van der Waals surface area (Å²) in [6.07, 6.45) is 2.70. The Morgan fingerprint density at radius 1 is 1.03 bits per heavy atom. The van der Waals surface area contributed by atoms with Crippen molar-refractivity contribution in [2.45, 2.75) is 51.2 Å². The molecule has 0 aliphatic rings. The third-order valence-electron chi connectivity index (χ3n) is 4.74. The Labute approximate surface area is 198 Å². The molecule has 3 atom stereocenters. The molecule has 0 saturated heterocycles. The zero-order chi connectivity index (χ0) is 25.0. The van der Waals surface area contributed by atoms with Crippen LogP contribution >= 0.6 is 11.8 Å². The maximum atomic E-state index is 12.8. The monoisotopic (exact) mass is 482 g/mol. The molecule has 0 aliphatic carbocycles. The fourth-order valence-electron chi connectivity index (χ4n) is 2.96. The van der Waals surface area contributed by atoms with Crippen LogP contribution in [0.15, 0.2) is 24.3 Å². The van der Waals surface area contributed by atoms with Crippen LogP contribution in [0.5, 0.6) is 5.75 Å². The third kappa shape index (κ3) is 11.1. The van der Waals surface area contributed by atoms with Crippen LogP contribution in [0.1, 0.15) is 32.3 Å². The second-order valence-electron chi connectivity index (χ2n) is 8.13. The van der Waals surface area contributed by atoms with E-state index in [9.17, 15) is 29.4 Å². The molecule has 33 heavy (non-hydrogen) atoms. The van der Waals surface area contributed by atoms with Crippen molar-refractivity contribution in [2.75, 3.05) is 18.6 Å². The molecule has 0 radical (unpaired) electrons. The Bertz CT molecular complexity index is 803. The number of nitrogens with one attached hydrogen (secondary N) is 3. The quantitative estimate of drug-likeness (QED) is 0.219. The molecular formula is C22H34N4O6S. The van der Waals surface area contributed by atoms with Crippen molar-refractivity contribution in [1.29, 1.82) is 0 Å². The van der Waals surface area contributed by atoms with Gasteiger partial charge in [-0.3, -0.25) is 14.4 Å². The van der Waals surface area contributed by atoms with Crippen LogP contribution in [-0.2, 0) is 25.6 Å². The highest BCUT2D eigenvalue weighted by atomic mass is 32.2. The zero-order valence-corrected chi connectivity index (χ0v) is 20.0. The van der Waals surface area contributed by atoms with E-state index in [1.807, 2.05) is 20.1 Å². The van der Waals surface area contributed by atoms with Gasteiger partial charge in [-0.05, 0) is 48.5 Å². The average molecular weight is 483 g/mol. The highest BCUT2D eigenvalue weighted by Crippen LogP contribution is 2.12. The third-order valence-corrected chi connectivity index (χ3v) is 5.39. The van der Waals surface area contributed by atoms with Crippen LogP contribution in [-0.4, -0.2) is 70.6 Å². The van der Waals surface area contributed by atoms with E-state index in [1.54, 1.807) is 23.9 Å². The molecule has 3 amide bonds. The van der Waals surface area contributed by atoms with Crippen LogP contribution in [0.25, 0.3) is 0 Å². The first-order valence-corrected chi connectivity index (χ1v) is 12.1. The molecule has 1 aromatic rings. The largest absolute Gasteiger partial charge is 0.508 e. The van der Waals surface area contributed by atoms with E-state index in [2.05, 4.69) is 16.0 Å². The molecule has 0 bridgehead atoms. The Balaban J connectivity index is 2.81. The predicted octanol–water partition coefficient (Wildman–Crippen LogP) is 0.232.